The molecule has 202 valence electrons. The molecule has 1 fully saturated rings. The fourth-order valence-corrected chi connectivity index (χ4v) is 6.26. The molecule has 1 aliphatic heterocycles. The number of carboxylic acids is 1. The highest BCUT2D eigenvalue weighted by atomic mass is 35.5. The van der Waals surface area contributed by atoms with Crippen LogP contribution in [0, 0.1) is 0 Å². The summed E-state index contributed by atoms with van der Waals surface area (Å²) in [7, 11) is 3.15. The van der Waals surface area contributed by atoms with Gasteiger partial charge in [0.15, 0.2) is 0 Å². The summed E-state index contributed by atoms with van der Waals surface area (Å²) in [6, 6.07) is 11.2. The van der Waals surface area contributed by atoms with Gasteiger partial charge in [-0.2, -0.15) is 0 Å². The van der Waals surface area contributed by atoms with Gasteiger partial charge in [-0.3, -0.25) is 9.69 Å². The van der Waals surface area contributed by atoms with Crippen molar-refractivity contribution >= 4 is 40.4 Å². The SMILES string of the molecule is COC(=O)N1c2ccc3c(nc(CC(C(=O)O)c4ccc(Cl)cc4)n3[C@H]3CC[C@H](OC)CC3)c2CC[C@@H]1C. The second-order valence-electron chi connectivity index (χ2n) is 10.4. The van der Waals surface area contributed by atoms with E-state index >= 15 is 0 Å². The quantitative estimate of drug-likeness (QED) is 0.404. The highest BCUT2D eigenvalue weighted by Crippen LogP contribution is 2.40. The molecule has 38 heavy (non-hydrogen) atoms. The van der Waals surface area contributed by atoms with Gasteiger partial charge in [0.2, 0.25) is 0 Å². The molecule has 5 rings (SSSR count). The maximum Gasteiger partial charge on any atom is 0.414 e. The Morgan fingerprint density at radius 2 is 1.79 bits per heavy atom. The predicted molar refractivity (Wildman–Crippen MR) is 146 cm³/mol. The number of aromatic nitrogens is 2. The molecule has 3 aromatic rings. The first-order valence-corrected chi connectivity index (χ1v) is 13.6. The van der Waals surface area contributed by atoms with Crippen LogP contribution in [0.25, 0.3) is 11.0 Å². The average molecular weight is 540 g/mol. The van der Waals surface area contributed by atoms with E-state index in [1.165, 1.54) is 7.11 Å². The lowest BCUT2D eigenvalue weighted by Gasteiger charge is -2.34. The number of methoxy groups -OCH3 is 2. The first-order valence-electron chi connectivity index (χ1n) is 13.2. The van der Waals surface area contributed by atoms with E-state index in [-0.39, 0.29) is 30.7 Å². The maximum absolute atomic E-state index is 12.6. The molecular formula is C29H34ClN3O5. The normalized spacial score (nSPS) is 22.2. The third-order valence-corrected chi connectivity index (χ3v) is 8.45. The number of aliphatic carboxylic acids is 1. The molecule has 1 N–H and O–H groups in total. The smallest absolute Gasteiger partial charge is 0.414 e. The molecule has 0 spiro atoms. The fraction of sp³-hybridized carbons (Fsp3) is 0.483. The minimum absolute atomic E-state index is 0.0135. The lowest BCUT2D eigenvalue weighted by atomic mass is 9.91. The summed E-state index contributed by atoms with van der Waals surface area (Å²) in [5.74, 6) is -0.915. The van der Waals surface area contributed by atoms with Gasteiger partial charge in [-0.25, -0.2) is 9.78 Å². The second kappa shape index (κ2) is 10.9. The van der Waals surface area contributed by atoms with Crippen LogP contribution in [0.2, 0.25) is 5.02 Å². The third-order valence-electron chi connectivity index (χ3n) is 8.20. The van der Waals surface area contributed by atoms with Crippen molar-refractivity contribution < 1.29 is 24.2 Å². The Morgan fingerprint density at radius 3 is 2.42 bits per heavy atom. The van der Waals surface area contributed by atoms with Gasteiger partial charge in [-0.15, -0.1) is 0 Å². The van der Waals surface area contributed by atoms with Gasteiger partial charge in [-0.05, 0) is 75.3 Å². The zero-order valence-electron chi connectivity index (χ0n) is 22.0. The minimum Gasteiger partial charge on any atom is -0.481 e. The minimum atomic E-state index is -0.901. The number of amides is 1. The van der Waals surface area contributed by atoms with Crippen molar-refractivity contribution in [2.75, 3.05) is 19.1 Å². The van der Waals surface area contributed by atoms with E-state index in [9.17, 15) is 14.7 Å². The van der Waals surface area contributed by atoms with Crippen molar-refractivity contribution in [2.45, 2.75) is 76.0 Å². The Labute approximate surface area is 227 Å². The van der Waals surface area contributed by atoms with Gasteiger partial charge in [-0.1, -0.05) is 23.7 Å². The third kappa shape index (κ3) is 4.87. The van der Waals surface area contributed by atoms with Gasteiger partial charge in [0.25, 0.3) is 0 Å². The zero-order chi connectivity index (χ0) is 27.0. The summed E-state index contributed by atoms with van der Waals surface area (Å²) in [5, 5.41) is 10.8. The lowest BCUT2D eigenvalue weighted by molar-refractivity contribution is -0.138. The largest absolute Gasteiger partial charge is 0.481 e. The van der Waals surface area contributed by atoms with Crippen molar-refractivity contribution in [3.8, 4) is 0 Å². The number of rotatable bonds is 6. The summed E-state index contributed by atoms with van der Waals surface area (Å²) >= 11 is 6.07. The number of imidazole rings is 1. The van der Waals surface area contributed by atoms with Gasteiger partial charge in [0.1, 0.15) is 5.82 Å². The number of aryl methyl sites for hydroxylation is 1. The average Bonchev–Trinajstić information content (AvgIpc) is 3.30. The number of hydrogen-bond donors (Lipinski definition) is 1. The first-order chi connectivity index (χ1) is 18.3. The fourth-order valence-electron chi connectivity index (χ4n) is 6.14. The number of fused-ring (bicyclic) bond motifs is 3. The van der Waals surface area contributed by atoms with E-state index in [4.69, 9.17) is 26.1 Å². The van der Waals surface area contributed by atoms with E-state index in [1.807, 2.05) is 19.1 Å². The van der Waals surface area contributed by atoms with Gasteiger partial charge in [0.05, 0.1) is 35.9 Å². The number of benzene rings is 2. The molecule has 2 aromatic carbocycles. The van der Waals surface area contributed by atoms with Gasteiger partial charge < -0.3 is 19.1 Å². The molecule has 1 unspecified atom stereocenters. The lowest BCUT2D eigenvalue weighted by Crippen LogP contribution is -2.42. The van der Waals surface area contributed by atoms with Crippen molar-refractivity contribution in [1.29, 1.82) is 0 Å². The van der Waals surface area contributed by atoms with E-state index < -0.39 is 11.9 Å². The molecule has 2 atom stereocenters. The van der Waals surface area contributed by atoms with E-state index in [0.29, 0.717) is 10.6 Å². The summed E-state index contributed by atoms with van der Waals surface area (Å²) in [6.45, 7) is 2.02. The molecule has 0 saturated heterocycles. The number of hydrogen-bond acceptors (Lipinski definition) is 5. The Bertz CT molecular complexity index is 1330. The molecule has 1 saturated carbocycles. The molecule has 1 aromatic heterocycles. The summed E-state index contributed by atoms with van der Waals surface area (Å²) < 4.78 is 12.9. The molecule has 8 nitrogen and oxygen atoms in total. The monoisotopic (exact) mass is 539 g/mol. The van der Waals surface area contributed by atoms with Crippen LogP contribution in [0.5, 0.6) is 0 Å². The van der Waals surface area contributed by atoms with Crippen LogP contribution >= 0.6 is 11.6 Å². The van der Waals surface area contributed by atoms with Gasteiger partial charge >= 0.3 is 12.1 Å². The number of nitrogens with zero attached hydrogens (tertiary/aromatic N) is 3. The molecule has 0 radical (unpaired) electrons. The van der Waals surface area contributed by atoms with Crippen LogP contribution in [0.1, 0.15) is 67.9 Å². The van der Waals surface area contributed by atoms with Crippen molar-refractivity contribution in [3.63, 3.8) is 0 Å². The van der Waals surface area contributed by atoms with Crippen LogP contribution < -0.4 is 4.90 Å². The molecular weight excluding hydrogens is 506 g/mol. The highest BCUT2D eigenvalue weighted by Gasteiger charge is 2.34. The van der Waals surface area contributed by atoms with Crippen LogP contribution in [0.15, 0.2) is 36.4 Å². The molecule has 2 heterocycles. The van der Waals surface area contributed by atoms with Crippen molar-refractivity contribution in [3.05, 3.63) is 58.4 Å². The Morgan fingerprint density at radius 1 is 1.08 bits per heavy atom. The van der Waals surface area contributed by atoms with E-state index in [1.54, 1.807) is 36.3 Å². The van der Waals surface area contributed by atoms with Crippen LogP contribution in [0.3, 0.4) is 0 Å². The summed E-state index contributed by atoms with van der Waals surface area (Å²) in [6.07, 6.45) is 5.44. The Hall–Kier alpha value is -3.10. The van der Waals surface area contributed by atoms with Crippen LogP contribution in [-0.2, 0) is 27.1 Å². The van der Waals surface area contributed by atoms with Crippen molar-refractivity contribution in [1.82, 2.24) is 9.55 Å². The first kappa shape index (κ1) is 26.5. The zero-order valence-corrected chi connectivity index (χ0v) is 22.8. The maximum atomic E-state index is 12.6. The van der Waals surface area contributed by atoms with Gasteiger partial charge in [0, 0.05) is 36.2 Å². The van der Waals surface area contributed by atoms with Crippen LogP contribution in [0.4, 0.5) is 10.5 Å². The predicted octanol–water partition coefficient (Wildman–Crippen LogP) is 6.14. The number of carboxylic acid groups (broad SMARTS) is 1. The second-order valence-corrected chi connectivity index (χ2v) is 10.8. The molecule has 2 aliphatic rings. The topological polar surface area (TPSA) is 93.9 Å². The van der Waals surface area contributed by atoms with E-state index in [2.05, 4.69) is 4.57 Å². The Balaban J connectivity index is 1.63. The molecule has 1 aliphatic carbocycles. The molecule has 1 amide bonds. The number of ether oxygens (including phenoxy) is 2. The number of carbonyl (C=O) groups is 2. The number of anilines is 1. The molecule has 0 bridgehead atoms. The Kier molecular flexibility index (Phi) is 7.63. The molecule has 9 heteroatoms. The summed E-state index contributed by atoms with van der Waals surface area (Å²) in [5.41, 5.74) is 4.34. The standard InChI is InChI=1S/C29H34ClN3O5/c1-17-4-13-22-24(32(17)29(36)38-3)14-15-25-27(22)31-26(33(25)20-9-11-21(37-2)12-10-20)16-23(28(34)35)18-5-7-19(30)8-6-18/h5-8,14-15,17,20-21,23H,4,9-13,16H2,1-3H3,(H,34,35)/t17-,20-,21-,23?/m0/s1. The van der Waals surface area contributed by atoms with E-state index in [0.717, 1.165) is 66.6 Å². The number of carbonyl (C=O) groups excluding carboxylic acids is 1. The highest BCUT2D eigenvalue weighted by molar-refractivity contribution is 6.30. The van der Waals surface area contributed by atoms with Crippen molar-refractivity contribution in [2.24, 2.45) is 0 Å². The number of halogens is 1. The summed E-state index contributed by atoms with van der Waals surface area (Å²) in [4.78, 5) is 31.9. The van der Waals surface area contributed by atoms with Crippen LogP contribution in [-0.4, -0.2) is 53.1 Å².